The Kier molecular flexibility index (Phi) is 6.44. The maximum absolute atomic E-state index is 10.7. The first-order chi connectivity index (χ1) is 14.5. The highest BCUT2D eigenvalue weighted by atomic mass is 35.5. The molecule has 1 aliphatic heterocycles. The minimum Gasteiger partial charge on any atom is -0.481 e. The van der Waals surface area contributed by atoms with Gasteiger partial charge >= 0.3 is 5.97 Å². The zero-order chi connectivity index (χ0) is 21.1. The molecule has 2 heterocycles. The lowest BCUT2D eigenvalue weighted by atomic mass is 9.95. The molecular weight excluding hydrogens is 424 g/mol. The average molecular weight is 445 g/mol. The minimum absolute atomic E-state index is 0.0519. The molecule has 1 fully saturated rings. The number of H-pyrrole nitrogens is 1. The number of hydrogen-bond donors (Lipinski definition) is 3. The molecule has 0 amide bonds. The molecule has 0 saturated carbocycles. The number of aliphatic carboxylic acids is 1. The number of carbonyl (C=O) groups is 1. The molecule has 3 unspecified atom stereocenters. The number of epoxide rings is 1. The minimum atomic E-state index is -0.888. The number of aromatic amines is 1. The number of aromatic nitrogens is 2. The van der Waals surface area contributed by atoms with E-state index in [-0.39, 0.29) is 24.1 Å². The van der Waals surface area contributed by atoms with E-state index in [1.54, 1.807) is 6.07 Å². The number of likely N-dealkylation sites (N-methyl/N-ethyl adjacent to an activating group) is 1. The van der Waals surface area contributed by atoms with E-state index < -0.39 is 5.97 Å². The highest BCUT2D eigenvalue weighted by Gasteiger charge is 2.38. The van der Waals surface area contributed by atoms with E-state index in [4.69, 9.17) is 21.4 Å². The number of nitrogens with zero attached hydrogens (tertiary/aromatic N) is 2. The van der Waals surface area contributed by atoms with Crippen LogP contribution in [0.5, 0.6) is 0 Å². The summed E-state index contributed by atoms with van der Waals surface area (Å²) >= 11 is 7.51. The first kappa shape index (κ1) is 20.9. The molecule has 1 aromatic carbocycles. The van der Waals surface area contributed by atoms with Crippen LogP contribution >= 0.6 is 23.4 Å². The molecule has 1 aromatic heterocycles. The van der Waals surface area contributed by atoms with Gasteiger partial charge in [-0.2, -0.15) is 0 Å². The summed E-state index contributed by atoms with van der Waals surface area (Å²) in [4.78, 5) is 22.8. The first-order valence-corrected chi connectivity index (χ1v) is 11.1. The maximum atomic E-state index is 10.7. The van der Waals surface area contributed by atoms with Crippen molar-refractivity contribution in [3.8, 4) is 11.8 Å². The monoisotopic (exact) mass is 444 g/mol. The van der Waals surface area contributed by atoms with Crippen molar-refractivity contribution < 1.29 is 14.6 Å². The van der Waals surface area contributed by atoms with Gasteiger partial charge < -0.3 is 14.8 Å². The molecule has 0 radical (unpaired) electrons. The fraction of sp³-hybridized carbons (Fsp3) is 0.381. The Bertz CT molecular complexity index is 1090. The molecule has 1 aliphatic carbocycles. The fourth-order valence-electron chi connectivity index (χ4n) is 3.13. The number of halogens is 1. The van der Waals surface area contributed by atoms with E-state index in [1.165, 1.54) is 0 Å². The van der Waals surface area contributed by atoms with Gasteiger partial charge in [-0.05, 0) is 37.6 Å². The van der Waals surface area contributed by atoms with Crippen molar-refractivity contribution in [2.45, 2.75) is 37.4 Å². The highest BCUT2D eigenvalue weighted by Crippen LogP contribution is 2.26. The lowest BCUT2D eigenvalue weighted by Crippen LogP contribution is -2.18. The summed E-state index contributed by atoms with van der Waals surface area (Å²) in [5, 5.41) is 13.1. The molecule has 2 aromatic rings. The second-order valence-electron chi connectivity index (χ2n) is 6.97. The maximum Gasteiger partial charge on any atom is 0.313 e. The number of imidazole rings is 1. The molecular formula is C21H21ClN4O3S. The van der Waals surface area contributed by atoms with E-state index in [0.717, 1.165) is 47.9 Å². The third-order valence-electron chi connectivity index (χ3n) is 4.67. The smallest absolute Gasteiger partial charge is 0.313 e. The summed E-state index contributed by atoms with van der Waals surface area (Å²) in [7, 11) is 0. The standard InChI is InChI=1S/C21H21ClN4O3S/c1-2-23-19-20(29-19)24-14-7-4-12(5-8-14)3-6-13-9-16-17(10-15(13)22)26-21(25-16)30-11-18(27)28/h4,7,9-10,12,19-20,23H,2,5,8,11H2,1H3,(H,25,26)(H,27,28). The molecule has 30 heavy (non-hydrogen) atoms. The number of benzene rings is 1. The Hall–Kier alpha value is -2.31. The second kappa shape index (κ2) is 9.23. The van der Waals surface area contributed by atoms with Crippen LogP contribution in [0.3, 0.4) is 0 Å². The van der Waals surface area contributed by atoms with Crippen LogP contribution in [0.2, 0.25) is 5.02 Å². The molecule has 3 atom stereocenters. The van der Waals surface area contributed by atoms with Gasteiger partial charge in [0.05, 0.1) is 21.8 Å². The summed E-state index contributed by atoms with van der Waals surface area (Å²) in [5.41, 5.74) is 3.23. The molecule has 0 bridgehead atoms. The van der Waals surface area contributed by atoms with Gasteiger partial charge in [0.1, 0.15) is 0 Å². The van der Waals surface area contributed by atoms with Gasteiger partial charge in [-0.15, -0.1) is 0 Å². The number of rotatable bonds is 6. The number of allylic oxidation sites excluding steroid dienone is 2. The second-order valence-corrected chi connectivity index (χ2v) is 8.34. The van der Waals surface area contributed by atoms with Crippen molar-refractivity contribution in [3.63, 3.8) is 0 Å². The zero-order valence-corrected chi connectivity index (χ0v) is 17.9. The predicted octanol–water partition coefficient (Wildman–Crippen LogP) is 3.44. The molecule has 1 saturated heterocycles. The fourth-order valence-corrected chi connectivity index (χ4v) is 3.94. The number of ether oxygens (including phenoxy) is 1. The quantitative estimate of drug-likeness (QED) is 0.358. The van der Waals surface area contributed by atoms with Crippen molar-refractivity contribution in [3.05, 3.63) is 34.9 Å². The predicted molar refractivity (Wildman–Crippen MR) is 118 cm³/mol. The number of nitrogens with one attached hydrogen (secondary N) is 2. The Morgan fingerprint density at radius 1 is 1.53 bits per heavy atom. The van der Waals surface area contributed by atoms with Crippen molar-refractivity contribution in [2.24, 2.45) is 10.9 Å². The van der Waals surface area contributed by atoms with Gasteiger partial charge in [0, 0.05) is 17.2 Å². The Labute approximate surface area is 183 Å². The molecule has 7 nitrogen and oxygen atoms in total. The summed E-state index contributed by atoms with van der Waals surface area (Å²) < 4.78 is 5.46. The first-order valence-electron chi connectivity index (χ1n) is 9.71. The molecule has 2 aliphatic rings. The van der Waals surface area contributed by atoms with Crippen LogP contribution in [0.1, 0.15) is 25.3 Å². The van der Waals surface area contributed by atoms with Crippen LogP contribution < -0.4 is 5.32 Å². The van der Waals surface area contributed by atoms with Crippen molar-refractivity contribution in [1.29, 1.82) is 0 Å². The number of aliphatic imine (C=N–C) groups is 1. The van der Waals surface area contributed by atoms with Gasteiger partial charge in [0.2, 0.25) is 0 Å². The van der Waals surface area contributed by atoms with Crippen molar-refractivity contribution in [2.75, 3.05) is 12.3 Å². The lowest BCUT2D eigenvalue weighted by molar-refractivity contribution is -0.133. The van der Waals surface area contributed by atoms with Gasteiger partial charge in [-0.1, -0.05) is 48.2 Å². The van der Waals surface area contributed by atoms with E-state index in [0.29, 0.717) is 15.7 Å². The Morgan fingerprint density at radius 3 is 3.13 bits per heavy atom. The molecule has 156 valence electrons. The molecule has 4 rings (SSSR count). The van der Waals surface area contributed by atoms with E-state index in [9.17, 15) is 4.79 Å². The molecule has 3 N–H and O–H groups in total. The average Bonchev–Trinajstić information content (AvgIpc) is 3.32. The number of hydrogen-bond acceptors (Lipinski definition) is 6. The zero-order valence-electron chi connectivity index (χ0n) is 16.3. The lowest BCUT2D eigenvalue weighted by Gasteiger charge is -2.11. The Balaban J connectivity index is 1.42. The number of carboxylic acid groups (broad SMARTS) is 1. The van der Waals surface area contributed by atoms with Crippen LogP contribution in [0, 0.1) is 17.8 Å². The van der Waals surface area contributed by atoms with Crippen molar-refractivity contribution in [1.82, 2.24) is 15.3 Å². The largest absolute Gasteiger partial charge is 0.481 e. The van der Waals surface area contributed by atoms with Gasteiger partial charge in [-0.25, -0.2) is 4.98 Å². The van der Waals surface area contributed by atoms with Crippen LogP contribution in [-0.2, 0) is 9.53 Å². The van der Waals surface area contributed by atoms with Crippen LogP contribution in [-0.4, -0.2) is 51.5 Å². The van der Waals surface area contributed by atoms with E-state index >= 15 is 0 Å². The highest BCUT2D eigenvalue weighted by molar-refractivity contribution is 7.99. The summed E-state index contributed by atoms with van der Waals surface area (Å²) in [5.74, 6) is 5.64. The van der Waals surface area contributed by atoms with E-state index in [1.807, 2.05) is 19.1 Å². The number of thioether (sulfide) groups is 1. The van der Waals surface area contributed by atoms with Gasteiger partial charge in [0.15, 0.2) is 17.6 Å². The molecule has 9 heteroatoms. The van der Waals surface area contributed by atoms with Gasteiger partial charge in [0.25, 0.3) is 0 Å². The third-order valence-corrected chi connectivity index (χ3v) is 5.84. The van der Waals surface area contributed by atoms with Crippen LogP contribution in [0.4, 0.5) is 0 Å². The van der Waals surface area contributed by atoms with Crippen LogP contribution in [0.25, 0.3) is 11.0 Å². The van der Waals surface area contributed by atoms with Gasteiger partial charge in [-0.3, -0.25) is 15.1 Å². The number of carboxylic acids is 1. The number of fused-ring (bicyclic) bond motifs is 1. The topological polar surface area (TPSA) is 103 Å². The van der Waals surface area contributed by atoms with E-state index in [2.05, 4.69) is 38.2 Å². The Morgan fingerprint density at radius 2 is 2.40 bits per heavy atom. The van der Waals surface area contributed by atoms with Crippen molar-refractivity contribution >= 4 is 46.1 Å². The summed E-state index contributed by atoms with van der Waals surface area (Å²) in [6, 6.07) is 3.60. The molecule has 0 spiro atoms. The van der Waals surface area contributed by atoms with Crippen LogP contribution in [0.15, 0.2) is 34.4 Å². The SMILES string of the molecule is CCNC1OC1N=C1C=CC(C#Cc2cc3[nH]c(SCC(=O)O)nc3cc2Cl)CC1. The summed E-state index contributed by atoms with van der Waals surface area (Å²) in [6.07, 6.45) is 5.86. The third kappa shape index (κ3) is 5.24. The normalized spacial score (nSPS) is 24.1. The summed E-state index contributed by atoms with van der Waals surface area (Å²) in [6.45, 7) is 2.91.